The fourth-order valence-electron chi connectivity index (χ4n) is 1.82. The second-order valence-electron chi connectivity index (χ2n) is 6.41. The van der Waals surface area contributed by atoms with Crippen molar-refractivity contribution in [3.05, 3.63) is 35.4 Å². The van der Waals surface area contributed by atoms with Gasteiger partial charge in [0.25, 0.3) is 0 Å². The number of carboxylic acid groups (broad SMARTS) is 1. The van der Waals surface area contributed by atoms with Crippen LogP contribution >= 0.6 is 0 Å². The number of nitrogens with one attached hydrogen (secondary N) is 2. The number of hydrogen-bond donors (Lipinski definition) is 3. The molecule has 0 bridgehead atoms. The number of alkyl carbamates (subject to hydrolysis) is 1. The molecular formula is C17H23N3O5. The van der Waals surface area contributed by atoms with Crippen molar-refractivity contribution in [2.75, 3.05) is 0 Å². The van der Waals surface area contributed by atoms with Crippen molar-refractivity contribution >= 4 is 24.2 Å². The van der Waals surface area contributed by atoms with Crippen LogP contribution in [0.5, 0.6) is 0 Å². The van der Waals surface area contributed by atoms with Gasteiger partial charge in [-0.3, -0.25) is 4.79 Å². The summed E-state index contributed by atoms with van der Waals surface area (Å²) < 4.78 is 5.07. The quantitative estimate of drug-likeness (QED) is 0.533. The number of aliphatic carboxylic acids is 1. The van der Waals surface area contributed by atoms with Crippen molar-refractivity contribution in [1.82, 2.24) is 10.7 Å². The smallest absolute Gasteiger partial charge is 0.408 e. The van der Waals surface area contributed by atoms with Gasteiger partial charge in [0.2, 0.25) is 5.91 Å². The number of ether oxygens (including phenoxy) is 1. The zero-order valence-corrected chi connectivity index (χ0v) is 14.7. The van der Waals surface area contributed by atoms with Crippen molar-refractivity contribution in [3.63, 3.8) is 0 Å². The van der Waals surface area contributed by atoms with Gasteiger partial charge in [-0.25, -0.2) is 15.0 Å². The molecule has 8 heteroatoms. The van der Waals surface area contributed by atoms with Gasteiger partial charge >= 0.3 is 12.1 Å². The molecule has 2 amide bonds. The molecule has 8 nitrogen and oxygen atoms in total. The topological polar surface area (TPSA) is 117 Å². The molecule has 0 fully saturated rings. The standard InChI is InChI=1S/C17H23N3O5/c1-11(21)20-18-10-13-7-5-12(6-8-13)9-14(15(22)23)19-16(24)25-17(2,3)4/h5-8,10,14H,9H2,1-4H3,(H,19,24)(H,20,21)(H,22,23)/b18-10+. The van der Waals surface area contributed by atoms with Gasteiger partial charge in [-0.1, -0.05) is 24.3 Å². The summed E-state index contributed by atoms with van der Waals surface area (Å²) in [6.45, 7) is 6.45. The van der Waals surface area contributed by atoms with Crippen molar-refractivity contribution in [1.29, 1.82) is 0 Å². The Bertz CT molecular complexity index is 647. The van der Waals surface area contributed by atoms with E-state index in [0.29, 0.717) is 0 Å². The molecule has 0 aromatic heterocycles. The summed E-state index contributed by atoms with van der Waals surface area (Å²) in [7, 11) is 0. The molecule has 25 heavy (non-hydrogen) atoms. The van der Waals surface area contributed by atoms with Crippen molar-refractivity contribution < 1.29 is 24.2 Å². The highest BCUT2D eigenvalue weighted by molar-refractivity contribution is 5.82. The van der Waals surface area contributed by atoms with Crippen molar-refractivity contribution in [3.8, 4) is 0 Å². The number of carbonyl (C=O) groups excluding carboxylic acids is 2. The summed E-state index contributed by atoms with van der Waals surface area (Å²) in [4.78, 5) is 33.8. The molecule has 0 aliphatic rings. The molecule has 1 aromatic rings. The van der Waals surface area contributed by atoms with Gasteiger partial charge in [0.15, 0.2) is 0 Å². The monoisotopic (exact) mass is 349 g/mol. The average Bonchev–Trinajstić information content (AvgIpc) is 2.46. The van der Waals surface area contributed by atoms with Crippen molar-refractivity contribution in [2.24, 2.45) is 5.10 Å². The lowest BCUT2D eigenvalue weighted by atomic mass is 10.0. The van der Waals surface area contributed by atoms with E-state index in [2.05, 4.69) is 15.8 Å². The molecule has 136 valence electrons. The lowest BCUT2D eigenvalue weighted by Gasteiger charge is -2.22. The molecule has 0 radical (unpaired) electrons. The van der Waals surface area contributed by atoms with E-state index in [1.807, 2.05) is 0 Å². The molecular weight excluding hydrogens is 326 g/mol. The van der Waals surface area contributed by atoms with Gasteiger partial charge in [0.05, 0.1) is 6.21 Å². The number of rotatable bonds is 6. The summed E-state index contributed by atoms with van der Waals surface area (Å²) in [6.07, 6.45) is 0.801. The third kappa shape index (κ3) is 8.50. The molecule has 0 spiro atoms. The lowest BCUT2D eigenvalue weighted by molar-refractivity contribution is -0.139. The van der Waals surface area contributed by atoms with Crippen LogP contribution in [0.25, 0.3) is 0 Å². The first-order valence-electron chi connectivity index (χ1n) is 7.68. The Morgan fingerprint density at radius 1 is 1.24 bits per heavy atom. The van der Waals surface area contributed by atoms with Crippen LogP contribution < -0.4 is 10.7 Å². The van der Waals surface area contributed by atoms with Crippen LogP contribution in [0.1, 0.15) is 38.8 Å². The maximum Gasteiger partial charge on any atom is 0.408 e. The fraction of sp³-hybridized carbons (Fsp3) is 0.412. The third-order valence-electron chi connectivity index (χ3n) is 2.84. The number of benzene rings is 1. The molecule has 0 heterocycles. The molecule has 0 saturated heterocycles. The van der Waals surface area contributed by atoms with Gasteiger partial charge in [-0.2, -0.15) is 5.10 Å². The van der Waals surface area contributed by atoms with Crippen LogP contribution in [-0.2, 0) is 20.7 Å². The first kappa shape index (κ1) is 20.1. The molecule has 1 rings (SSSR count). The van der Waals surface area contributed by atoms with E-state index in [9.17, 15) is 19.5 Å². The Labute approximate surface area is 146 Å². The van der Waals surface area contributed by atoms with Crippen LogP contribution in [0.4, 0.5) is 4.79 Å². The Balaban J connectivity index is 2.69. The van der Waals surface area contributed by atoms with Crippen LogP contribution in [0, 0.1) is 0 Å². The van der Waals surface area contributed by atoms with Crippen LogP contribution in [0.15, 0.2) is 29.4 Å². The maximum atomic E-state index is 11.7. The molecule has 1 aromatic carbocycles. The number of carboxylic acids is 1. The maximum absolute atomic E-state index is 11.7. The number of carbonyl (C=O) groups is 3. The molecule has 1 atom stereocenters. The zero-order valence-electron chi connectivity index (χ0n) is 14.7. The molecule has 1 unspecified atom stereocenters. The van der Waals surface area contributed by atoms with E-state index >= 15 is 0 Å². The van der Waals surface area contributed by atoms with Gasteiger partial charge in [0, 0.05) is 13.3 Å². The van der Waals surface area contributed by atoms with Crippen LogP contribution in [0.2, 0.25) is 0 Å². The van der Waals surface area contributed by atoms with E-state index in [1.165, 1.54) is 13.1 Å². The molecule has 0 saturated carbocycles. The molecule has 3 N–H and O–H groups in total. The van der Waals surface area contributed by atoms with Crippen molar-refractivity contribution in [2.45, 2.75) is 45.8 Å². The second kappa shape index (κ2) is 8.81. The minimum atomic E-state index is -1.15. The number of amides is 2. The van der Waals surface area contributed by atoms with Gasteiger partial charge in [0.1, 0.15) is 11.6 Å². The Hall–Kier alpha value is -2.90. The van der Waals surface area contributed by atoms with E-state index in [4.69, 9.17) is 4.74 Å². The fourth-order valence-corrected chi connectivity index (χ4v) is 1.82. The summed E-state index contributed by atoms with van der Waals surface area (Å²) in [5, 5.41) is 15.4. The largest absolute Gasteiger partial charge is 0.480 e. The minimum absolute atomic E-state index is 0.109. The van der Waals surface area contributed by atoms with E-state index in [0.717, 1.165) is 11.1 Å². The Kier molecular flexibility index (Phi) is 7.10. The normalized spacial score (nSPS) is 12.5. The van der Waals surface area contributed by atoms with E-state index in [1.54, 1.807) is 45.0 Å². The summed E-state index contributed by atoms with van der Waals surface area (Å²) in [5.41, 5.74) is 3.04. The van der Waals surface area contributed by atoms with E-state index in [-0.39, 0.29) is 12.3 Å². The predicted molar refractivity (Wildman–Crippen MR) is 92.4 cm³/mol. The molecule has 0 aliphatic heterocycles. The number of hydrogen-bond acceptors (Lipinski definition) is 5. The van der Waals surface area contributed by atoms with Gasteiger partial charge < -0.3 is 15.2 Å². The SMILES string of the molecule is CC(=O)N/N=C/c1ccc(CC(NC(=O)OC(C)(C)C)C(=O)O)cc1. The highest BCUT2D eigenvalue weighted by Crippen LogP contribution is 2.09. The Morgan fingerprint density at radius 2 is 1.84 bits per heavy atom. The highest BCUT2D eigenvalue weighted by atomic mass is 16.6. The zero-order chi connectivity index (χ0) is 19.0. The van der Waals surface area contributed by atoms with Crippen LogP contribution in [0.3, 0.4) is 0 Å². The second-order valence-corrected chi connectivity index (χ2v) is 6.41. The summed E-state index contributed by atoms with van der Waals surface area (Å²) >= 11 is 0. The summed E-state index contributed by atoms with van der Waals surface area (Å²) in [6, 6.07) is 5.80. The Morgan fingerprint density at radius 3 is 2.32 bits per heavy atom. The molecule has 0 aliphatic carbocycles. The lowest BCUT2D eigenvalue weighted by Crippen LogP contribution is -2.44. The summed E-state index contributed by atoms with van der Waals surface area (Å²) in [5.74, 6) is -1.42. The predicted octanol–water partition coefficient (Wildman–Crippen LogP) is 1.68. The van der Waals surface area contributed by atoms with Gasteiger partial charge in [-0.15, -0.1) is 0 Å². The van der Waals surface area contributed by atoms with Gasteiger partial charge in [-0.05, 0) is 31.9 Å². The van der Waals surface area contributed by atoms with E-state index < -0.39 is 23.7 Å². The average molecular weight is 349 g/mol. The van der Waals surface area contributed by atoms with Crippen LogP contribution in [-0.4, -0.2) is 40.9 Å². The first-order valence-corrected chi connectivity index (χ1v) is 7.68. The minimum Gasteiger partial charge on any atom is -0.480 e. The third-order valence-corrected chi connectivity index (χ3v) is 2.84. The number of nitrogens with zero attached hydrogens (tertiary/aromatic N) is 1. The number of hydrazone groups is 1. The first-order chi connectivity index (χ1) is 11.6. The highest BCUT2D eigenvalue weighted by Gasteiger charge is 2.24.